The molecule has 0 amide bonds. The van der Waals surface area contributed by atoms with E-state index in [9.17, 15) is 0 Å². The first-order chi connectivity index (χ1) is 9.69. The van der Waals surface area contributed by atoms with Crippen molar-refractivity contribution in [3.63, 3.8) is 0 Å². The average Bonchev–Trinajstić information content (AvgIpc) is 2.45. The van der Waals surface area contributed by atoms with Gasteiger partial charge in [-0.15, -0.1) is 0 Å². The molecule has 20 heavy (non-hydrogen) atoms. The van der Waals surface area contributed by atoms with Crippen LogP contribution in [0.15, 0.2) is 0 Å². The molecule has 0 radical (unpaired) electrons. The van der Waals surface area contributed by atoms with Gasteiger partial charge in [-0.25, -0.2) is 0 Å². The molecule has 1 rings (SSSR count). The van der Waals surface area contributed by atoms with Gasteiger partial charge in [-0.05, 0) is 50.5 Å². The SMILES string of the molecule is CCCNC1CCC(C(C)C)CC1OCCOCCC. The summed E-state index contributed by atoms with van der Waals surface area (Å²) in [5.41, 5.74) is 0. The third-order valence-electron chi connectivity index (χ3n) is 4.34. The summed E-state index contributed by atoms with van der Waals surface area (Å²) in [6, 6.07) is 0.538. The van der Waals surface area contributed by atoms with Crippen molar-refractivity contribution in [2.75, 3.05) is 26.4 Å². The molecular weight excluding hydrogens is 250 g/mol. The Balaban J connectivity index is 2.36. The Morgan fingerprint density at radius 2 is 1.85 bits per heavy atom. The minimum absolute atomic E-state index is 0.368. The minimum atomic E-state index is 0.368. The number of hydrogen-bond donors (Lipinski definition) is 1. The van der Waals surface area contributed by atoms with E-state index in [4.69, 9.17) is 9.47 Å². The van der Waals surface area contributed by atoms with Gasteiger partial charge >= 0.3 is 0 Å². The molecule has 3 atom stereocenters. The smallest absolute Gasteiger partial charge is 0.0731 e. The molecule has 0 aliphatic heterocycles. The van der Waals surface area contributed by atoms with Gasteiger partial charge in [0, 0.05) is 12.6 Å². The van der Waals surface area contributed by atoms with Crippen molar-refractivity contribution in [2.24, 2.45) is 11.8 Å². The molecule has 0 heterocycles. The third kappa shape index (κ3) is 6.55. The van der Waals surface area contributed by atoms with Crippen LogP contribution in [-0.4, -0.2) is 38.5 Å². The van der Waals surface area contributed by atoms with Crippen LogP contribution in [0.25, 0.3) is 0 Å². The Labute approximate surface area is 125 Å². The monoisotopic (exact) mass is 285 g/mol. The Kier molecular flexibility index (Phi) is 9.49. The van der Waals surface area contributed by atoms with E-state index in [-0.39, 0.29) is 0 Å². The van der Waals surface area contributed by atoms with Gasteiger partial charge in [0.25, 0.3) is 0 Å². The van der Waals surface area contributed by atoms with E-state index >= 15 is 0 Å². The lowest BCUT2D eigenvalue weighted by Crippen LogP contribution is -2.47. The molecule has 120 valence electrons. The van der Waals surface area contributed by atoms with E-state index in [1.807, 2.05) is 0 Å². The fourth-order valence-corrected chi connectivity index (χ4v) is 3.02. The van der Waals surface area contributed by atoms with Crippen molar-refractivity contribution in [2.45, 2.75) is 71.9 Å². The number of hydrogen-bond acceptors (Lipinski definition) is 3. The Morgan fingerprint density at radius 1 is 1.05 bits per heavy atom. The molecular formula is C17H35NO2. The van der Waals surface area contributed by atoms with Crippen LogP contribution in [0.4, 0.5) is 0 Å². The zero-order valence-electron chi connectivity index (χ0n) is 14.0. The maximum Gasteiger partial charge on any atom is 0.0731 e. The van der Waals surface area contributed by atoms with Gasteiger partial charge in [0.2, 0.25) is 0 Å². The number of ether oxygens (including phenoxy) is 2. The highest BCUT2D eigenvalue weighted by atomic mass is 16.5. The topological polar surface area (TPSA) is 30.5 Å². The first-order valence-corrected chi connectivity index (χ1v) is 8.61. The molecule has 1 fully saturated rings. The summed E-state index contributed by atoms with van der Waals surface area (Å²) in [4.78, 5) is 0. The van der Waals surface area contributed by atoms with E-state index in [2.05, 4.69) is 33.0 Å². The first-order valence-electron chi connectivity index (χ1n) is 8.61. The highest BCUT2D eigenvalue weighted by molar-refractivity contribution is 4.86. The summed E-state index contributed by atoms with van der Waals surface area (Å²) in [5, 5.41) is 3.67. The summed E-state index contributed by atoms with van der Waals surface area (Å²) in [5.74, 6) is 1.58. The van der Waals surface area contributed by atoms with E-state index in [1.165, 1.54) is 25.7 Å². The van der Waals surface area contributed by atoms with Gasteiger partial charge in [-0.2, -0.15) is 0 Å². The van der Waals surface area contributed by atoms with E-state index in [1.54, 1.807) is 0 Å². The molecule has 3 nitrogen and oxygen atoms in total. The standard InChI is InChI=1S/C17H35NO2/c1-5-9-18-16-8-7-15(14(3)4)13-17(16)20-12-11-19-10-6-2/h14-18H,5-13H2,1-4H3. The van der Waals surface area contributed by atoms with Crippen molar-refractivity contribution < 1.29 is 9.47 Å². The molecule has 0 bridgehead atoms. The quantitative estimate of drug-likeness (QED) is 0.622. The highest BCUT2D eigenvalue weighted by Crippen LogP contribution is 2.31. The molecule has 0 aromatic carbocycles. The van der Waals surface area contributed by atoms with Crippen molar-refractivity contribution >= 4 is 0 Å². The van der Waals surface area contributed by atoms with Crippen LogP contribution < -0.4 is 5.32 Å². The van der Waals surface area contributed by atoms with E-state index < -0.39 is 0 Å². The Hall–Kier alpha value is -0.120. The predicted molar refractivity (Wildman–Crippen MR) is 85.1 cm³/mol. The summed E-state index contributed by atoms with van der Waals surface area (Å²) in [6.45, 7) is 12.5. The second kappa shape index (κ2) is 10.6. The van der Waals surface area contributed by atoms with Crippen molar-refractivity contribution in [1.29, 1.82) is 0 Å². The van der Waals surface area contributed by atoms with Crippen LogP contribution in [0.5, 0.6) is 0 Å². The van der Waals surface area contributed by atoms with Crippen LogP contribution in [0, 0.1) is 11.8 Å². The van der Waals surface area contributed by atoms with Crippen LogP contribution in [0.3, 0.4) is 0 Å². The molecule has 1 aliphatic carbocycles. The molecule has 0 aromatic heterocycles. The van der Waals surface area contributed by atoms with Crippen LogP contribution in [0.2, 0.25) is 0 Å². The van der Waals surface area contributed by atoms with Gasteiger partial charge in [0.15, 0.2) is 0 Å². The minimum Gasteiger partial charge on any atom is -0.379 e. The van der Waals surface area contributed by atoms with Gasteiger partial charge in [-0.3, -0.25) is 0 Å². The largest absolute Gasteiger partial charge is 0.379 e. The molecule has 0 saturated heterocycles. The molecule has 1 N–H and O–H groups in total. The lowest BCUT2D eigenvalue weighted by Gasteiger charge is -2.38. The maximum absolute atomic E-state index is 6.13. The second-order valence-electron chi connectivity index (χ2n) is 6.40. The normalized spacial score (nSPS) is 27.1. The van der Waals surface area contributed by atoms with Crippen LogP contribution in [-0.2, 0) is 9.47 Å². The first kappa shape index (κ1) is 17.9. The van der Waals surface area contributed by atoms with Crippen molar-refractivity contribution in [3.8, 4) is 0 Å². The van der Waals surface area contributed by atoms with Gasteiger partial charge < -0.3 is 14.8 Å². The van der Waals surface area contributed by atoms with Crippen molar-refractivity contribution in [3.05, 3.63) is 0 Å². The molecule has 1 saturated carbocycles. The zero-order valence-corrected chi connectivity index (χ0v) is 14.0. The lowest BCUT2D eigenvalue weighted by atomic mass is 9.78. The van der Waals surface area contributed by atoms with Crippen molar-refractivity contribution in [1.82, 2.24) is 5.32 Å². The summed E-state index contributed by atoms with van der Waals surface area (Å²) < 4.78 is 11.7. The fraction of sp³-hybridized carbons (Fsp3) is 1.00. The third-order valence-corrected chi connectivity index (χ3v) is 4.34. The summed E-state index contributed by atoms with van der Waals surface area (Å²) in [6.07, 6.45) is 6.44. The van der Waals surface area contributed by atoms with Crippen LogP contribution in [0.1, 0.15) is 59.8 Å². The summed E-state index contributed by atoms with van der Waals surface area (Å²) >= 11 is 0. The number of rotatable bonds is 10. The predicted octanol–water partition coefficient (Wildman–Crippen LogP) is 3.62. The Morgan fingerprint density at radius 3 is 2.50 bits per heavy atom. The second-order valence-corrected chi connectivity index (χ2v) is 6.40. The zero-order chi connectivity index (χ0) is 14.8. The lowest BCUT2D eigenvalue weighted by molar-refractivity contribution is -0.0404. The maximum atomic E-state index is 6.13. The highest BCUT2D eigenvalue weighted by Gasteiger charge is 2.31. The molecule has 0 spiro atoms. The number of nitrogens with one attached hydrogen (secondary N) is 1. The van der Waals surface area contributed by atoms with Gasteiger partial charge in [0.1, 0.15) is 0 Å². The summed E-state index contributed by atoms with van der Waals surface area (Å²) in [7, 11) is 0. The van der Waals surface area contributed by atoms with Crippen LogP contribution >= 0.6 is 0 Å². The molecule has 0 aromatic rings. The molecule has 3 heteroatoms. The fourth-order valence-electron chi connectivity index (χ4n) is 3.02. The van der Waals surface area contributed by atoms with E-state index in [0.717, 1.165) is 44.6 Å². The Bertz CT molecular complexity index is 233. The molecule has 1 aliphatic rings. The molecule has 3 unspecified atom stereocenters. The van der Waals surface area contributed by atoms with Gasteiger partial charge in [0.05, 0.1) is 19.3 Å². The van der Waals surface area contributed by atoms with E-state index in [0.29, 0.717) is 12.1 Å². The van der Waals surface area contributed by atoms with Gasteiger partial charge in [-0.1, -0.05) is 27.7 Å². The average molecular weight is 285 g/mol.